The Morgan fingerprint density at radius 3 is 2.38 bits per heavy atom. The average Bonchev–Trinajstić information content (AvgIpc) is 2.44. The normalized spacial score (nSPS) is 16.8. The molecular formula is C15H21F3IN3O2. The molecule has 0 spiro atoms. The molecule has 136 valence electrons. The van der Waals surface area contributed by atoms with Crippen molar-refractivity contribution in [3.63, 3.8) is 0 Å². The number of hydrogen-bond donors (Lipinski definition) is 2. The second-order valence-electron chi connectivity index (χ2n) is 5.49. The van der Waals surface area contributed by atoms with Crippen molar-refractivity contribution in [1.82, 2.24) is 5.32 Å². The number of halogens is 4. The van der Waals surface area contributed by atoms with E-state index < -0.39 is 6.36 Å². The molecule has 1 saturated carbocycles. The minimum atomic E-state index is -4.69. The molecule has 1 aliphatic rings. The molecule has 1 aliphatic carbocycles. The Labute approximate surface area is 155 Å². The van der Waals surface area contributed by atoms with Gasteiger partial charge in [-0.2, -0.15) is 0 Å². The fourth-order valence-electron chi connectivity index (χ4n) is 2.30. The first-order chi connectivity index (χ1) is 10.8. The zero-order valence-corrected chi connectivity index (χ0v) is 15.6. The Morgan fingerprint density at radius 2 is 1.92 bits per heavy atom. The molecule has 9 heteroatoms. The fraction of sp³-hybridized carbons (Fsp3) is 0.533. The Bertz CT molecular complexity index is 540. The summed E-state index contributed by atoms with van der Waals surface area (Å²) in [4.78, 5) is 4.16. The fourth-order valence-corrected chi connectivity index (χ4v) is 2.30. The standard InChI is InChI=1S/C15H20F3N3O2.HI/c1-22-14(7-2-8-14)10-21-13(19)20-9-11-3-5-12(6-4-11)23-15(16,17)18;/h3-6H,2,7-10H2,1H3,(H3,19,20,21);1H. The largest absolute Gasteiger partial charge is 0.573 e. The molecule has 24 heavy (non-hydrogen) atoms. The summed E-state index contributed by atoms with van der Waals surface area (Å²) in [5.41, 5.74) is 6.36. The van der Waals surface area contributed by atoms with Gasteiger partial charge in [0, 0.05) is 13.7 Å². The quantitative estimate of drug-likeness (QED) is 0.390. The molecule has 0 heterocycles. The van der Waals surface area contributed by atoms with E-state index in [0.717, 1.165) is 24.8 Å². The van der Waals surface area contributed by atoms with Crippen molar-refractivity contribution in [3.05, 3.63) is 29.8 Å². The number of rotatable bonds is 6. The summed E-state index contributed by atoms with van der Waals surface area (Å²) in [6, 6.07) is 5.52. The SMILES string of the molecule is COC1(CNC(N)=NCc2ccc(OC(F)(F)F)cc2)CCC1.I. The first-order valence-electron chi connectivity index (χ1n) is 7.26. The van der Waals surface area contributed by atoms with Gasteiger partial charge >= 0.3 is 6.36 Å². The van der Waals surface area contributed by atoms with Crippen LogP contribution in [0.4, 0.5) is 13.2 Å². The van der Waals surface area contributed by atoms with Crippen LogP contribution in [0.3, 0.4) is 0 Å². The van der Waals surface area contributed by atoms with Gasteiger partial charge in [-0.05, 0) is 37.0 Å². The second-order valence-corrected chi connectivity index (χ2v) is 5.49. The summed E-state index contributed by atoms with van der Waals surface area (Å²) in [6.45, 7) is 0.863. The monoisotopic (exact) mass is 459 g/mol. The van der Waals surface area contributed by atoms with Gasteiger partial charge < -0.3 is 20.5 Å². The van der Waals surface area contributed by atoms with Gasteiger partial charge in [0.2, 0.25) is 0 Å². The maximum absolute atomic E-state index is 12.1. The molecule has 0 aliphatic heterocycles. The van der Waals surface area contributed by atoms with E-state index in [9.17, 15) is 13.2 Å². The molecule has 0 radical (unpaired) electrons. The van der Waals surface area contributed by atoms with Crippen LogP contribution < -0.4 is 15.8 Å². The molecule has 5 nitrogen and oxygen atoms in total. The highest BCUT2D eigenvalue weighted by Gasteiger charge is 2.36. The third-order valence-electron chi connectivity index (χ3n) is 3.88. The summed E-state index contributed by atoms with van der Waals surface area (Å²) in [5, 5.41) is 3.02. The van der Waals surface area contributed by atoms with E-state index in [1.54, 1.807) is 7.11 Å². The van der Waals surface area contributed by atoms with Crippen LogP contribution >= 0.6 is 24.0 Å². The molecule has 1 aromatic carbocycles. The van der Waals surface area contributed by atoms with Gasteiger partial charge in [-0.15, -0.1) is 37.1 Å². The van der Waals surface area contributed by atoms with Crippen LogP contribution in [-0.2, 0) is 11.3 Å². The third-order valence-corrected chi connectivity index (χ3v) is 3.88. The second kappa shape index (κ2) is 8.75. The molecule has 3 N–H and O–H groups in total. The van der Waals surface area contributed by atoms with Crippen molar-refractivity contribution < 1.29 is 22.6 Å². The van der Waals surface area contributed by atoms with Gasteiger partial charge in [0.1, 0.15) is 5.75 Å². The molecular weight excluding hydrogens is 438 g/mol. The maximum Gasteiger partial charge on any atom is 0.573 e. The van der Waals surface area contributed by atoms with Gasteiger partial charge in [-0.3, -0.25) is 0 Å². The number of nitrogens with zero attached hydrogens (tertiary/aromatic N) is 1. The lowest BCUT2D eigenvalue weighted by atomic mass is 9.80. The van der Waals surface area contributed by atoms with Crippen LogP contribution in [0.25, 0.3) is 0 Å². The van der Waals surface area contributed by atoms with Crippen LogP contribution in [0, 0.1) is 0 Å². The van der Waals surface area contributed by atoms with E-state index in [0.29, 0.717) is 6.54 Å². The van der Waals surface area contributed by atoms with Crippen LogP contribution in [0.1, 0.15) is 24.8 Å². The van der Waals surface area contributed by atoms with E-state index in [1.165, 1.54) is 24.3 Å². The van der Waals surface area contributed by atoms with Crippen LogP contribution in [-0.4, -0.2) is 31.6 Å². The molecule has 0 saturated heterocycles. The Balaban J connectivity index is 0.00000288. The molecule has 0 unspecified atom stereocenters. The van der Waals surface area contributed by atoms with Crippen molar-refractivity contribution >= 4 is 29.9 Å². The van der Waals surface area contributed by atoms with E-state index >= 15 is 0 Å². The zero-order chi connectivity index (χ0) is 16.9. The predicted molar refractivity (Wildman–Crippen MR) is 95.5 cm³/mol. The number of alkyl halides is 3. The highest BCUT2D eigenvalue weighted by atomic mass is 127. The van der Waals surface area contributed by atoms with Gasteiger partial charge in [-0.25, -0.2) is 4.99 Å². The van der Waals surface area contributed by atoms with Crippen molar-refractivity contribution in [1.29, 1.82) is 0 Å². The van der Waals surface area contributed by atoms with E-state index in [4.69, 9.17) is 10.5 Å². The van der Waals surface area contributed by atoms with E-state index in [2.05, 4.69) is 15.0 Å². The highest BCUT2D eigenvalue weighted by Crippen LogP contribution is 2.34. The molecule has 2 rings (SSSR count). The first kappa shape index (κ1) is 20.8. The van der Waals surface area contributed by atoms with Crippen molar-refractivity contribution in [2.75, 3.05) is 13.7 Å². The molecule has 1 fully saturated rings. The summed E-state index contributed by atoms with van der Waals surface area (Å²) in [7, 11) is 1.68. The lowest BCUT2D eigenvalue weighted by molar-refractivity contribution is -0.274. The summed E-state index contributed by atoms with van der Waals surface area (Å²) >= 11 is 0. The number of hydrogen-bond acceptors (Lipinski definition) is 3. The van der Waals surface area contributed by atoms with E-state index in [1.807, 2.05) is 0 Å². The number of guanidine groups is 1. The first-order valence-corrected chi connectivity index (χ1v) is 7.26. The Kier molecular flexibility index (Phi) is 7.58. The molecule has 1 aromatic rings. The zero-order valence-electron chi connectivity index (χ0n) is 13.2. The van der Waals surface area contributed by atoms with Crippen LogP contribution in [0.15, 0.2) is 29.3 Å². The van der Waals surface area contributed by atoms with Gasteiger partial charge in [0.15, 0.2) is 5.96 Å². The Hall–Kier alpha value is -1.23. The molecule has 0 amide bonds. The number of methoxy groups -OCH3 is 1. The topological polar surface area (TPSA) is 68.9 Å². The van der Waals surface area contributed by atoms with Crippen LogP contribution in [0.2, 0.25) is 0 Å². The van der Waals surface area contributed by atoms with Crippen molar-refractivity contribution in [2.45, 2.75) is 37.8 Å². The van der Waals surface area contributed by atoms with Crippen molar-refractivity contribution in [2.24, 2.45) is 10.7 Å². The summed E-state index contributed by atoms with van der Waals surface area (Å²) in [5.74, 6) is 0.0206. The molecule has 0 bridgehead atoms. The van der Waals surface area contributed by atoms with Crippen LogP contribution in [0.5, 0.6) is 5.75 Å². The summed E-state index contributed by atoms with van der Waals surface area (Å²) < 4.78 is 45.4. The summed E-state index contributed by atoms with van der Waals surface area (Å²) in [6.07, 6.45) is -1.57. The van der Waals surface area contributed by atoms with E-state index in [-0.39, 0.29) is 47.8 Å². The van der Waals surface area contributed by atoms with Gasteiger partial charge in [0.05, 0.1) is 12.1 Å². The number of nitrogens with two attached hydrogens (primary N) is 1. The number of aliphatic imine (C=N–C) groups is 1. The minimum Gasteiger partial charge on any atom is -0.406 e. The average molecular weight is 459 g/mol. The number of nitrogens with one attached hydrogen (secondary N) is 1. The molecule has 0 atom stereocenters. The number of ether oxygens (including phenoxy) is 2. The minimum absolute atomic E-state index is 0. The maximum atomic E-state index is 12.1. The molecule has 0 aromatic heterocycles. The number of benzene rings is 1. The predicted octanol–water partition coefficient (Wildman–Crippen LogP) is 3.18. The lowest BCUT2D eigenvalue weighted by Gasteiger charge is -2.40. The highest BCUT2D eigenvalue weighted by molar-refractivity contribution is 14.0. The lowest BCUT2D eigenvalue weighted by Crippen LogP contribution is -2.50. The van der Waals surface area contributed by atoms with Gasteiger partial charge in [-0.1, -0.05) is 12.1 Å². The smallest absolute Gasteiger partial charge is 0.406 e. The Morgan fingerprint density at radius 1 is 1.29 bits per heavy atom. The van der Waals surface area contributed by atoms with Crippen molar-refractivity contribution in [3.8, 4) is 5.75 Å². The third kappa shape index (κ3) is 6.34. The van der Waals surface area contributed by atoms with Gasteiger partial charge in [0.25, 0.3) is 0 Å².